The first-order chi connectivity index (χ1) is 11.0. The Morgan fingerprint density at radius 2 is 2.04 bits per heavy atom. The summed E-state index contributed by atoms with van der Waals surface area (Å²) in [6.07, 6.45) is 6.20. The van der Waals surface area contributed by atoms with Gasteiger partial charge in [0.25, 0.3) is 0 Å². The first-order valence-corrected chi connectivity index (χ1v) is 9.88. The van der Waals surface area contributed by atoms with Crippen LogP contribution in [-0.4, -0.2) is 33.2 Å². The monoisotopic (exact) mass is 338 g/mol. The zero-order chi connectivity index (χ0) is 16.7. The Balaban J connectivity index is 1.81. The molecule has 2 rings (SSSR count). The fourth-order valence-electron chi connectivity index (χ4n) is 2.71. The Morgan fingerprint density at radius 1 is 1.30 bits per heavy atom. The van der Waals surface area contributed by atoms with E-state index < -0.39 is 9.84 Å². The standard InChI is InChI=1S/C18H26O4S/c1-3-21-18-11-7-8-16(22-18)14-15(2)12-13-23(19,20)17-9-5-4-6-10-17/h4-7,9-11,15-16,18H,3,8,12-14H2,1-2H3/t15-,16-,18?/m0/s1. The molecule has 23 heavy (non-hydrogen) atoms. The van der Waals surface area contributed by atoms with Crippen LogP contribution in [0.2, 0.25) is 0 Å². The van der Waals surface area contributed by atoms with Gasteiger partial charge in [0.05, 0.1) is 16.8 Å². The molecule has 0 aliphatic carbocycles. The van der Waals surface area contributed by atoms with Crippen LogP contribution in [0.4, 0.5) is 0 Å². The van der Waals surface area contributed by atoms with Crippen molar-refractivity contribution in [2.24, 2.45) is 5.92 Å². The summed E-state index contributed by atoms with van der Waals surface area (Å²) in [6, 6.07) is 8.65. The summed E-state index contributed by atoms with van der Waals surface area (Å²) >= 11 is 0. The molecular formula is C18H26O4S. The van der Waals surface area contributed by atoms with E-state index in [-0.39, 0.29) is 24.1 Å². The second-order valence-corrected chi connectivity index (χ2v) is 8.12. The first kappa shape index (κ1) is 18.2. The summed E-state index contributed by atoms with van der Waals surface area (Å²) in [5.41, 5.74) is 0. The van der Waals surface area contributed by atoms with Gasteiger partial charge in [0.1, 0.15) is 0 Å². The van der Waals surface area contributed by atoms with Crippen molar-refractivity contribution in [2.75, 3.05) is 12.4 Å². The van der Waals surface area contributed by atoms with Gasteiger partial charge in [-0.05, 0) is 50.3 Å². The normalized spacial score (nSPS) is 22.9. The average Bonchev–Trinajstić information content (AvgIpc) is 2.55. The topological polar surface area (TPSA) is 52.6 Å². The van der Waals surface area contributed by atoms with Crippen molar-refractivity contribution in [2.45, 2.75) is 50.4 Å². The molecular weight excluding hydrogens is 312 g/mol. The molecule has 4 nitrogen and oxygen atoms in total. The first-order valence-electron chi connectivity index (χ1n) is 8.22. The number of ether oxygens (including phenoxy) is 2. The smallest absolute Gasteiger partial charge is 0.178 e. The van der Waals surface area contributed by atoms with E-state index in [1.54, 1.807) is 24.3 Å². The van der Waals surface area contributed by atoms with Crippen molar-refractivity contribution in [1.29, 1.82) is 0 Å². The molecule has 0 bridgehead atoms. The maximum Gasteiger partial charge on any atom is 0.178 e. The maximum atomic E-state index is 12.3. The molecule has 0 saturated heterocycles. The average molecular weight is 338 g/mol. The number of benzene rings is 1. The highest BCUT2D eigenvalue weighted by Crippen LogP contribution is 2.23. The second-order valence-electron chi connectivity index (χ2n) is 6.01. The van der Waals surface area contributed by atoms with E-state index in [0.717, 1.165) is 12.8 Å². The van der Waals surface area contributed by atoms with Crippen LogP contribution in [0.1, 0.15) is 33.1 Å². The minimum atomic E-state index is -3.20. The van der Waals surface area contributed by atoms with Crippen molar-refractivity contribution in [3.8, 4) is 0 Å². The largest absolute Gasteiger partial charge is 0.349 e. The number of sulfone groups is 1. The van der Waals surface area contributed by atoms with Crippen molar-refractivity contribution in [3.05, 3.63) is 42.5 Å². The summed E-state index contributed by atoms with van der Waals surface area (Å²) in [7, 11) is -3.20. The molecule has 1 aromatic carbocycles. The highest BCUT2D eigenvalue weighted by Gasteiger charge is 2.22. The van der Waals surface area contributed by atoms with E-state index in [2.05, 4.69) is 13.0 Å². The van der Waals surface area contributed by atoms with Gasteiger partial charge in [-0.1, -0.05) is 31.2 Å². The highest BCUT2D eigenvalue weighted by molar-refractivity contribution is 7.91. The Bertz CT molecular complexity index is 595. The Morgan fingerprint density at radius 3 is 2.74 bits per heavy atom. The summed E-state index contributed by atoms with van der Waals surface area (Å²) < 4.78 is 35.9. The molecule has 0 radical (unpaired) electrons. The molecule has 3 atom stereocenters. The van der Waals surface area contributed by atoms with Crippen LogP contribution >= 0.6 is 0 Å². The van der Waals surface area contributed by atoms with Crippen molar-refractivity contribution in [3.63, 3.8) is 0 Å². The molecule has 0 saturated carbocycles. The highest BCUT2D eigenvalue weighted by atomic mass is 32.2. The number of hydrogen-bond acceptors (Lipinski definition) is 4. The Labute approximate surface area is 139 Å². The quantitative estimate of drug-likeness (QED) is 0.680. The summed E-state index contributed by atoms with van der Waals surface area (Å²) in [4.78, 5) is 0.403. The van der Waals surface area contributed by atoms with Crippen molar-refractivity contribution in [1.82, 2.24) is 0 Å². The summed E-state index contributed by atoms with van der Waals surface area (Å²) in [5, 5.41) is 0. The predicted molar refractivity (Wildman–Crippen MR) is 90.9 cm³/mol. The minimum absolute atomic E-state index is 0.103. The van der Waals surface area contributed by atoms with Gasteiger partial charge < -0.3 is 9.47 Å². The molecule has 0 aromatic heterocycles. The third kappa shape index (κ3) is 5.75. The predicted octanol–water partition coefficient (Wildman–Crippen LogP) is 3.58. The van der Waals surface area contributed by atoms with Crippen LogP contribution in [0.15, 0.2) is 47.4 Å². The third-order valence-corrected chi connectivity index (χ3v) is 5.76. The minimum Gasteiger partial charge on any atom is -0.349 e. The van der Waals surface area contributed by atoms with Crippen molar-refractivity contribution < 1.29 is 17.9 Å². The van der Waals surface area contributed by atoms with Gasteiger partial charge in [0.2, 0.25) is 0 Å². The van der Waals surface area contributed by atoms with E-state index in [1.165, 1.54) is 0 Å². The fraction of sp³-hybridized carbons (Fsp3) is 0.556. The Kier molecular flexibility index (Phi) is 6.81. The SMILES string of the molecule is CCOC1C=CC[C@@H](C[C@@H](C)CCS(=O)(=O)c2ccccc2)O1. The molecule has 5 heteroatoms. The molecule has 0 N–H and O–H groups in total. The molecule has 0 fully saturated rings. The summed E-state index contributed by atoms with van der Waals surface area (Å²) in [6.45, 7) is 4.64. The number of hydrogen-bond donors (Lipinski definition) is 0. The van der Waals surface area contributed by atoms with Gasteiger partial charge in [-0.25, -0.2) is 8.42 Å². The number of rotatable bonds is 8. The van der Waals surface area contributed by atoms with Crippen LogP contribution in [0.5, 0.6) is 0 Å². The van der Waals surface area contributed by atoms with Crippen LogP contribution in [0.25, 0.3) is 0 Å². The van der Waals surface area contributed by atoms with Crippen LogP contribution in [0, 0.1) is 5.92 Å². The van der Waals surface area contributed by atoms with Gasteiger partial charge in [-0.15, -0.1) is 0 Å². The molecule has 1 aliphatic rings. The van der Waals surface area contributed by atoms with Crippen molar-refractivity contribution >= 4 is 9.84 Å². The molecule has 1 unspecified atom stereocenters. The fourth-order valence-corrected chi connectivity index (χ4v) is 4.23. The van der Waals surface area contributed by atoms with Gasteiger partial charge >= 0.3 is 0 Å². The lowest BCUT2D eigenvalue weighted by atomic mass is 9.98. The summed E-state index contributed by atoms with van der Waals surface area (Å²) in [5.74, 6) is 0.461. The van der Waals surface area contributed by atoms with E-state index in [4.69, 9.17) is 9.47 Å². The van der Waals surface area contributed by atoms with Gasteiger partial charge in [-0.2, -0.15) is 0 Å². The van der Waals surface area contributed by atoms with E-state index >= 15 is 0 Å². The van der Waals surface area contributed by atoms with Crippen LogP contribution in [-0.2, 0) is 19.3 Å². The molecule has 0 amide bonds. The second kappa shape index (κ2) is 8.62. The van der Waals surface area contributed by atoms with E-state index in [9.17, 15) is 8.42 Å². The van der Waals surface area contributed by atoms with E-state index in [0.29, 0.717) is 17.9 Å². The van der Waals surface area contributed by atoms with Crippen LogP contribution < -0.4 is 0 Å². The molecule has 128 valence electrons. The van der Waals surface area contributed by atoms with Crippen LogP contribution in [0.3, 0.4) is 0 Å². The third-order valence-electron chi connectivity index (χ3n) is 4.00. The lowest BCUT2D eigenvalue weighted by Crippen LogP contribution is -2.28. The lowest BCUT2D eigenvalue weighted by Gasteiger charge is -2.27. The molecule has 1 aliphatic heterocycles. The van der Waals surface area contributed by atoms with Gasteiger partial charge in [0, 0.05) is 6.61 Å². The zero-order valence-electron chi connectivity index (χ0n) is 13.9. The van der Waals surface area contributed by atoms with Gasteiger partial charge in [0.15, 0.2) is 16.1 Å². The lowest BCUT2D eigenvalue weighted by molar-refractivity contribution is -0.148. The van der Waals surface area contributed by atoms with E-state index in [1.807, 2.05) is 19.1 Å². The zero-order valence-corrected chi connectivity index (χ0v) is 14.7. The Hall–Kier alpha value is -1.17. The molecule has 1 heterocycles. The molecule has 0 spiro atoms. The van der Waals surface area contributed by atoms with Gasteiger partial charge in [-0.3, -0.25) is 0 Å². The maximum absolute atomic E-state index is 12.3. The molecule has 1 aromatic rings.